The minimum absolute atomic E-state index is 0.0806. The number of hydrogen-bond acceptors (Lipinski definition) is 5. The van der Waals surface area contributed by atoms with Gasteiger partial charge in [0.1, 0.15) is 5.76 Å². The molecule has 1 aromatic heterocycles. The zero-order valence-electron chi connectivity index (χ0n) is 13.7. The number of aromatic nitrogens is 1. The van der Waals surface area contributed by atoms with E-state index in [2.05, 4.69) is 10.5 Å². The maximum atomic E-state index is 12.2. The number of benzene rings is 1. The zero-order chi connectivity index (χ0) is 18.0. The number of anilines is 2. The molecule has 134 valence electrons. The average Bonchev–Trinajstić information content (AvgIpc) is 2.93. The van der Waals surface area contributed by atoms with Crippen LogP contribution in [0.1, 0.15) is 24.3 Å². The number of nitrogens with zero attached hydrogens (tertiary/aromatic N) is 2. The summed E-state index contributed by atoms with van der Waals surface area (Å²) in [6.07, 6.45) is 1.54. The Morgan fingerprint density at radius 1 is 1.36 bits per heavy atom. The SMILES string of the molecule is Cc1cc(CC(=O)Nc2ccc(N3CCCCS3(=O)=O)c(Cl)c2)no1. The largest absolute Gasteiger partial charge is 0.361 e. The van der Waals surface area contributed by atoms with Crippen LogP contribution in [0.15, 0.2) is 28.8 Å². The molecule has 1 amide bonds. The van der Waals surface area contributed by atoms with Crippen LogP contribution in [0.25, 0.3) is 0 Å². The highest BCUT2D eigenvalue weighted by atomic mass is 35.5. The van der Waals surface area contributed by atoms with Crippen LogP contribution in [-0.4, -0.2) is 31.8 Å². The quantitative estimate of drug-likeness (QED) is 0.876. The summed E-state index contributed by atoms with van der Waals surface area (Å²) >= 11 is 6.25. The summed E-state index contributed by atoms with van der Waals surface area (Å²) in [5.74, 6) is 0.500. The van der Waals surface area contributed by atoms with Gasteiger partial charge in [0.05, 0.1) is 28.6 Å². The van der Waals surface area contributed by atoms with Crippen LogP contribution >= 0.6 is 11.6 Å². The van der Waals surface area contributed by atoms with Crippen molar-refractivity contribution in [2.75, 3.05) is 21.9 Å². The Kier molecular flexibility index (Phi) is 5.01. The predicted octanol–water partition coefficient (Wildman–Crippen LogP) is 2.75. The number of carbonyl (C=O) groups is 1. The van der Waals surface area contributed by atoms with Crippen molar-refractivity contribution in [1.82, 2.24) is 5.16 Å². The summed E-state index contributed by atoms with van der Waals surface area (Å²) in [5.41, 5.74) is 1.47. The van der Waals surface area contributed by atoms with Crippen LogP contribution < -0.4 is 9.62 Å². The lowest BCUT2D eigenvalue weighted by molar-refractivity contribution is -0.115. The Labute approximate surface area is 151 Å². The molecule has 7 nitrogen and oxygen atoms in total. The lowest BCUT2D eigenvalue weighted by Crippen LogP contribution is -2.38. The minimum Gasteiger partial charge on any atom is -0.361 e. The van der Waals surface area contributed by atoms with Gasteiger partial charge in [-0.25, -0.2) is 8.42 Å². The van der Waals surface area contributed by atoms with E-state index in [1.807, 2.05) is 0 Å². The van der Waals surface area contributed by atoms with Crippen molar-refractivity contribution in [3.63, 3.8) is 0 Å². The summed E-state index contributed by atoms with van der Waals surface area (Å²) in [6, 6.07) is 6.49. The van der Waals surface area contributed by atoms with Crippen LogP contribution in [0.5, 0.6) is 0 Å². The molecule has 9 heteroatoms. The average molecular weight is 384 g/mol. The Morgan fingerprint density at radius 2 is 2.16 bits per heavy atom. The Balaban J connectivity index is 1.72. The molecule has 0 bridgehead atoms. The molecule has 0 spiro atoms. The van der Waals surface area contributed by atoms with Crippen molar-refractivity contribution in [2.24, 2.45) is 0 Å². The third-order valence-corrected chi connectivity index (χ3v) is 6.03. The van der Waals surface area contributed by atoms with E-state index in [4.69, 9.17) is 16.1 Å². The first-order chi connectivity index (χ1) is 11.8. The van der Waals surface area contributed by atoms with Gasteiger partial charge in [-0.2, -0.15) is 0 Å². The van der Waals surface area contributed by atoms with Gasteiger partial charge < -0.3 is 9.84 Å². The van der Waals surface area contributed by atoms with E-state index in [0.717, 1.165) is 6.42 Å². The topological polar surface area (TPSA) is 92.5 Å². The molecule has 0 saturated carbocycles. The second-order valence-electron chi connectivity index (χ2n) is 5.92. The van der Waals surface area contributed by atoms with E-state index in [1.165, 1.54) is 4.31 Å². The standard InChI is InChI=1S/C16H18ClN3O4S/c1-11-8-13(19-24-11)10-16(21)18-12-4-5-15(14(17)9-12)20-6-2-3-7-25(20,22)23/h4-5,8-9H,2-3,6-7,10H2,1H3,(H,18,21). The molecule has 0 atom stereocenters. The fourth-order valence-electron chi connectivity index (χ4n) is 2.72. The van der Waals surface area contributed by atoms with Crippen molar-refractivity contribution in [3.05, 3.63) is 40.7 Å². The summed E-state index contributed by atoms with van der Waals surface area (Å²) < 4.78 is 30.6. The van der Waals surface area contributed by atoms with Crippen molar-refractivity contribution in [2.45, 2.75) is 26.2 Å². The highest BCUT2D eigenvalue weighted by Crippen LogP contribution is 2.32. The maximum Gasteiger partial charge on any atom is 0.235 e. The monoisotopic (exact) mass is 383 g/mol. The molecule has 0 aliphatic carbocycles. The first-order valence-corrected chi connectivity index (χ1v) is 9.86. The fraction of sp³-hybridized carbons (Fsp3) is 0.375. The molecule has 1 fully saturated rings. The van der Waals surface area contributed by atoms with Crippen LogP contribution in [0.4, 0.5) is 11.4 Å². The van der Waals surface area contributed by atoms with E-state index in [1.54, 1.807) is 31.2 Å². The lowest BCUT2D eigenvalue weighted by Gasteiger charge is -2.29. The highest BCUT2D eigenvalue weighted by Gasteiger charge is 2.27. The van der Waals surface area contributed by atoms with Gasteiger partial charge in [0.25, 0.3) is 0 Å². The molecule has 0 unspecified atom stereocenters. The zero-order valence-corrected chi connectivity index (χ0v) is 15.2. The first-order valence-electron chi connectivity index (χ1n) is 7.87. The van der Waals surface area contributed by atoms with Crippen molar-refractivity contribution in [3.8, 4) is 0 Å². The molecular weight excluding hydrogens is 366 g/mol. The number of carbonyl (C=O) groups excluding carboxylic acids is 1. The Morgan fingerprint density at radius 3 is 2.80 bits per heavy atom. The van der Waals surface area contributed by atoms with Crippen LogP contribution in [0.2, 0.25) is 5.02 Å². The summed E-state index contributed by atoms with van der Waals surface area (Å²) in [4.78, 5) is 12.0. The smallest absolute Gasteiger partial charge is 0.235 e. The van der Waals surface area contributed by atoms with Gasteiger partial charge >= 0.3 is 0 Å². The van der Waals surface area contributed by atoms with Gasteiger partial charge in [-0.15, -0.1) is 0 Å². The highest BCUT2D eigenvalue weighted by molar-refractivity contribution is 7.92. The molecule has 1 aliphatic rings. The molecule has 3 rings (SSSR count). The van der Waals surface area contributed by atoms with E-state index >= 15 is 0 Å². The number of aryl methyl sites for hydroxylation is 1. The van der Waals surface area contributed by atoms with E-state index < -0.39 is 10.0 Å². The van der Waals surface area contributed by atoms with Gasteiger partial charge in [0.2, 0.25) is 15.9 Å². The molecular formula is C16H18ClN3O4S. The first kappa shape index (κ1) is 17.8. The van der Waals surface area contributed by atoms with Gasteiger partial charge in [-0.05, 0) is 38.0 Å². The van der Waals surface area contributed by atoms with Gasteiger partial charge in [0, 0.05) is 18.3 Å². The molecule has 1 aliphatic heterocycles. The molecule has 25 heavy (non-hydrogen) atoms. The van der Waals surface area contributed by atoms with Crippen molar-refractivity contribution in [1.29, 1.82) is 0 Å². The number of hydrogen-bond donors (Lipinski definition) is 1. The Hall–Kier alpha value is -2.06. The van der Waals surface area contributed by atoms with E-state index in [-0.39, 0.29) is 23.1 Å². The number of nitrogens with one attached hydrogen (secondary N) is 1. The Bertz CT molecular complexity index is 895. The van der Waals surface area contributed by atoms with Crippen LogP contribution in [-0.2, 0) is 21.2 Å². The van der Waals surface area contributed by atoms with Gasteiger partial charge in [0.15, 0.2) is 0 Å². The summed E-state index contributed by atoms with van der Waals surface area (Å²) in [5, 5.41) is 6.77. The maximum absolute atomic E-state index is 12.2. The third kappa shape index (κ3) is 4.13. The summed E-state index contributed by atoms with van der Waals surface area (Å²) in [6.45, 7) is 2.17. The predicted molar refractivity (Wildman–Crippen MR) is 95.4 cm³/mol. The van der Waals surface area contributed by atoms with Crippen LogP contribution in [0, 0.1) is 6.92 Å². The molecule has 1 saturated heterocycles. The molecule has 1 N–H and O–H groups in total. The fourth-order valence-corrected chi connectivity index (χ4v) is 4.71. The second-order valence-corrected chi connectivity index (χ2v) is 8.34. The van der Waals surface area contributed by atoms with Crippen LogP contribution in [0.3, 0.4) is 0 Å². The lowest BCUT2D eigenvalue weighted by atomic mass is 10.2. The number of halogens is 1. The number of sulfonamides is 1. The normalized spacial score (nSPS) is 16.6. The van der Waals surface area contributed by atoms with E-state index in [0.29, 0.717) is 35.8 Å². The van der Waals surface area contributed by atoms with Gasteiger partial charge in [-0.3, -0.25) is 9.10 Å². The molecule has 1 aromatic carbocycles. The third-order valence-electron chi connectivity index (χ3n) is 3.87. The molecule has 0 radical (unpaired) electrons. The van der Waals surface area contributed by atoms with Crippen molar-refractivity contribution < 1.29 is 17.7 Å². The summed E-state index contributed by atoms with van der Waals surface area (Å²) in [7, 11) is -3.33. The molecule has 2 heterocycles. The number of rotatable bonds is 4. The van der Waals surface area contributed by atoms with Crippen molar-refractivity contribution >= 4 is 38.9 Å². The second kappa shape index (κ2) is 7.05. The van der Waals surface area contributed by atoms with E-state index in [9.17, 15) is 13.2 Å². The molecule has 2 aromatic rings. The van der Waals surface area contributed by atoms with Gasteiger partial charge in [-0.1, -0.05) is 16.8 Å². The minimum atomic E-state index is -3.33. The number of amides is 1.